The average Bonchev–Trinajstić information content (AvgIpc) is 2.92. The Kier molecular flexibility index (Phi) is 4.59. The van der Waals surface area contributed by atoms with Crippen LogP contribution in [-0.4, -0.2) is 15.0 Å². The highest BCUT2D eigenvalue weighted by Gasteiger charge is 2.13. The highest BCUT2D eigenvalue weighted by molar-refractivity contribution is 7.89. The lowest BCUT2D eigenvalue weighted by atomic mass is 10.1. The van der Waals surface area contributed by atoms with Gasteiger partial charge in [-0.15, -0.1) is 0 Å². The topological polar surface area (TPSA) is 85.3 Å². The summed E-state index contributed by atoms with van der Waals surface area (Å²) in [6.45, 7) is 2.15. The van der Waals surface area contributed by atoms with Crippen LogP contribution in [0, 0.1) is 0 Å². The number of hydrogen-bond donors (Lipinski definition) is 2. The molecule has 3 N–H and O–H groups in total. The molecule has 1 aromatic carbocycles. The third-order valence-corrected chi connectivity index (χ3v) is 4.44. The highest BCUT2D eigenvalue weighted by atomic mass is 32.2. The van der Waals surface area contributed by atoms with E-state index in [0.717, 1.165) is 11.3 Å². The average molecular weight is 294 g/mol. The molecule has 0 bridgehead atoms. The Morgan fingerprint density at radius 1 is 1.25 bits per heavy atom. The van der Waals surface area contributed by atoms with Crippen molar-refractivity contribution in [1.82, 2.24) is 4.72 Å². The predicted molar refractivity (Wildman–Crippen MR) is 76.6 cm³/mol. The van der Waals surface area contributed by atoms with Gasteiger partial charge in [0.2, 0.25) is 10.0 Å². The van der Waals surface area contributed by atoms with Crippen LogP contribution in [0.3, 0.4) is 0 Å². The first-order valence-corrected chi connectivity index (χ1v) is 7.85. The van der Waals surface area contributed by atoms with Gasteiger partial charge in [0.15, 0.2) is 0 Å². The maximum Gasteiger partial charge on any atom is 0.240 e. The molecule has 0 fully saturated rings. The van der Waals surface area contributed by atoms with Gasteiger partial charge < -0.3 is 10.2 Å². The van der Waals surface area contributed by atoms with Crippen LogP contribution in [0.5, 0.6) is 0 Å². The normalized spacial score (nSPS) is 13.3. The molecule has 1 aromatic heterocycles. The first-order chi connectivity index (χ1) is 9.49. The van der Waals surface area contributed by atoms with Gasteiger partial charge in [-0.3, -0.25) is 0 Å². The minimum Gasteiger partial charge on any atom is -0.469 e. The molecule has 0 spiro atoms. The third kappa shape index (κ3) is 3.69. The lowest BCUT2D eigenvalue weighted by Crippen LogP contribution is -2.26. The number of hydrogen-bond acceptors (Lipinski definition) is 4. The Balaban J connectivity index is 1.99. The molecule has 2 aromatic rings. The number of benzene rings is 1. The zero-order chi connectivity index (χ0) is 14.6. The van der Waals surface area contributed by atoms with Crippen molar-refractivity contribution in [2.75, 3.05) is 6.54 Å². The van der Waals surface area contributed by atoms with Gasteiger partial charge in [0.1, 0.15) is 5.76 Å². The summed E-state index contributed by atoms with van der Waals surface area (Å²) in [5.41, 5.74) is 6.63. The van der Waals surface area contributed by atoms with Gasteiger partial charge in [-0.05, 0) is 36.8 Å². The number of furan rings is 1. The van der Waals surface area contributed by atoms with Crippen molar-refractivity contribution in [3.8, 4) is 0 Å². The summed E-state index contributed by atoms with van der Waals surface area (Å²) in [6, 6.07) is 10.1. The summed E-state index contributed by atoms with van der Waals surface area (Å²) >= 11 is 0. The lowest BCUT2D eigenvalue weighted by Gasteiger charge is -2.08. The molecule has 0 aliphatic heterocycles. The van der Waals surface area contributed by atoms with Gasteiger partial charge in [0.05, 0.1) is 11.2 Å². The Bertz CT molecular complexity index is 632. The zero-order valence-electron chi connectivity index (χ0n) is 11.2. The number of nitrogens with one attached hydrogen (secondary N) is 1. The van der Waals surface area contributed by atoms with Crippen molar-refractivity contribution in [2.24, 2.45) is 5.73 Å². The van der Waals surface area contributed by atoms with Crippen LogP contribution < -0.4 is 10.5 Å². The summed E-state index contributed by atoms with van der Waals surface area (Å²) in [5.74, 6) is 0.750. The molecular formula is C14H18N2O3S. The molecule has 6 heteroatoms. The molecule has 20 heavy (non-hydrogen) atoms. The maximum atomic E-state index is 12.1. The minimum absolute atomic E-state index is 0.112. The summed E-state index contributed by atoms with van der Waals surface area (Å²) in [7, 11) is -3.49. The lowest BCUT2D eigenvalue weighted by molar-refractivity contribution is 0.506. The summed E-state index contributed by atoms with van der Waals surface area (Å²) in [5, 5.41) is 0. The van der Waals surface area contributed by atoms with E-state index >= 15 is 0 Å². The van der Waals surface area contributed by atoms with E-state index in [2.05, 4.69) is 4.72 Å². The van der Waals surface area contributed by atoms with Crippen LogP contribution in [0.25, 0.3) is 0 Å². The highest BCUT2D eigenvalue weighted by Crippen LogP contribution is 2.14. The Morgan fingerprint density at radius 3 is 2.50 bits per heavy atom. The SMILES string of the molecule is CC(N)c1ccc(S(=O)(=O)NCCc2ccco2)cc1. The summed E-state index contributed by atoms with van der Waals surface area (Å²) in [4.78, 5) is 0.237. The monoisotopic (exact) mass is 294 g/mol. The van der Waals surface area contributed by atoms with Crippen molar-refractivity contribution >= 4 is 10.0 Å². The van der Waals surface area contributed by atoms with Crippen molar-refractivity contribution in [3.63, 3.8) is 0 Å². The van der Waals surface area contributed by atoms with E-state index in [1.165, 1.54) is 0 Å². The molecule has 0 saturated carbocycles. The van der Waals surface area contributed by atoms with Crippen LogP contribution in [0.4, 0.5) is 0 Å². The van der Waals surface area contributed by atoms with Crippen LogP contribution in [0.15, 0.2) is 52.0 Å². The molecule has 1 atom stereocenters. The molecule has 108 valence electrons. The summed E-state index contributed by atoms with van der Waals surface area (Å²) in [6.07, 6.45) is 2.08. The fourth-order valence-corrected chi connectivity index (χ4v) is 2.83. The first kappa shape index (κ1) is 14.8. The molecule has 5 nitrogen and oxygen atoms in total. The van der Waals surface area contributed by atoms with Crippen molar-refractivity contribution < 1.29 is 12.8 Å². The molecule has 0 aliphatic rings. The quantitative estimate of drug-likeness (QED) is 0.851. The van der Waals surface area contributed by atoms with Crippen LogP contribution >= 0.6 is 0 Å². The van der Waals surface area contributed by atoms with Gasteiger partial charge >= 0.3 is 0 Å². The minimum atomic E-state index is -3.49. The van der Waals surface area contributed by atoms with E-state index < -0.39 is 10.0 Å². The smallest absolute Gasteiger partial charge is 0.240 e. The second-order valence-corrected chi connectivity index (χ2v) is 6.35. The molecule has 0 aliphatic carbocycles. The zero-order valence-corrected chi connectivity index (χ0v) is 12.1. The van der Waals surface area contributed by atoms with Gasteiger partial charge in [0.25, 0.3) is 0 Å². The number of sulfonamides is 1. The second kappa shape index (κ2) is 6.21. The number of rotatable bonds is 6. The molecule has 1 unspecified atom stereocenters. The van der Waals surface area contributed by atoms with E-state index in [9.17, 15) is 8.42 Å². The van der Waals surface area contributed by atoms with E-state index in [0.29, 0.717) is 13.0 Å². The van der Waals surface area contributed by atoms with Crippen molar-refractivity contribution in [3.05, 3.63) is 54.0 Å². The van der Waals surface area contributed by atoms with E-state index in [4.69, 9.17) is 10.2 Å². The van der Waals surface area contributed by atoms with Crippen LogP contribution in [0.2, 0.25) is 0 Å². The van der Waals surface area contributed by atoms with Gasteiger partial charge in [0, 0.05) is 19.0 Å². The van der Waals surface area contributed by atoms with Crippen LogP contribution in [0.1, 0.15) is 24.3 Å². The van der Waals surface area contributed by atoms with Crippen LogP contribution in [-0.2, 0) is 16.4 Å². The maximum absolute atomic E-state index is 12.1. The fourth-order valence-electron chi connectivity index (χ4n) is 1.80. The predicted octanol–water partition coefficient (Wildman–Crippen LogP) is 1.82. The molecule has 0 radical (unpaired) electrons. The molecule has 0 amide bonds. The van der Waals surface area contributed by atoms with Gasteiger partial charge in [-0.2, -0.15) is 0 Å². The van der Waals surface area contributed by atoms with Crippen molar-refractivity contribution in [2.45, 2.75) is 24.3 Å². The second-order valence-electron chi connectivity index (χ2n) is 4.58. The van der Waals surface area contributed by atoms with Crippen molar-refractivity contribution in [1.29, 1.82) is 0 Å². The largest absolute Gasteiger partial charge is 0.469 e. The Labute approximate surface area is 118 Å². The summed E-state index contributed by atoms with van der Waals surface area (Å²) < 4.78 is 31.8. The van der Waals surface area contributed by atoms with Gasteiger partial charge in [-0.1, -0.05) is 12.1 Å². The molecule has 1 heterocycles. The fraction of sp³-hybridized carbons (Fsp3) is 0.286. The van der Waals surface area contributed by atoms with Gasteiger partial charge in [-0.25, -0.2) is 13.1 Å². The standard InChI is InChI=1S/C14H18N2O3S/c1-11(15)12-4-6-14(7-5-12)20(17,18)16-9-8-13-3-2-10-19-13/h2-7,10-11,16H,8-9,15H2,1H3. The number of nitrogens with two attached hydrogens (primary N) is 1. The first-order valence-electron chi connectivity index (χ1n) is 6.36. The molecular weight excluding hydrogens is 276 g/mol. The third-order valence-electron chi connectivity index (χ3n) is 2.96. The molecule has 2 rings (SSSR count). The van der Waals surface area contributed by atoms with E-state index in [-0.39, 0.29) is 10.9 Å². The Morgan fingerprint density at radius 2 is 1.95 bits per heavy atom. The van der Waals surface area contributed by atoms with E-state index in [1.54, 1.807) is 36.6 Å². The Hall–Kier alpha value is -1.63. The molecule has 0 saturated heterocycles. The van der Waals surface area contributed by atoms with E-state index in [1.807, 2.05) is 13.0 Å².